The van der Waals surface area contributed by atoms with E-state index >= 15 is 0 Å². The highest BCUT2D eigenvalue weighted by atomic mass is 19.1. The second kappa shape index (κ2) is 8.35. The monoisotopic (exact) mass is 281 g/mol. The second-order valence-corrected chi connectivity index (χ2v) is 5.29. The SMILES string of the molecule is COCCNCC(CC1CCCO1)c1ccccc1F. The van der Waals surface area contributed by atoms with Crippen LogP contribution in [0.15, 0.2) is 24.3 Å². The number of benzene rings is 1. The van der Waals surface area contributed by atoms with Gasteiger partial charge < -0.3 is 14.8 Å². The molecule has 0 aliphatic carbocycles. The van der Waals surface area contributed by atoms with Gasteiger partial charge in [0.25, 0.3) is 0 Å². The van der Waals surface area contributed by atoms with Crippen molar-refractivity contribution < 1.29 is 13.9 Å². The Morgan fingerprint density at radius 3 is 3.00 bits per heavy atom. The van der Waals surface area contributed by atoms with Crippen molar-refractivity contribution in [1.29, 1.82) is 0 Å². The van der Waals surface area contributed by atoms with Crippen molar-refractivity contribution in [1.82, 2.24) is 5.32 Å². The summed E-state index contributed by atoms with van der Waals surface area (Å²) in [5.74, 6) is 0.0280. The summed E-state index contributed by atoms with van der Waals surface area (Å²) in [6, 6.07) is 7.05. The lowest BCUT2D eigenvalue weighted by molar-refractivity contribution is 0.0971. The van der Waals surface area contributed by atoms with E-state index in [0.717, 1.165) is 44.5 Å². The van der Waals surface area contributed by atoms with Crippen molar-refractivity contribution in [3.63, 3.8) is 0 Å². The normalized spacial score (nSPS) is 20.2. The Morgan fingerprint density at radius 1 is 1.45 bits per heavy atom. The number of methoxy groups -OCH3 is 1. The van der Waals surface area contributed by atoms with Crippen molar-refractivity contribution in [2.45, 2.75) is 31.3 Å². The van der Waals surface area contributed by atoms with Gasteiger partial charge in [-0.3, -0.25) is 0 Å². The molecule has 1 aliphatic rings. The van der Waals surface area contributed by atoms with Crippen LogP contribution in [-0.4, -0.2) is 39.5 Å². The number of halogens is 1. The number of hydrogen-bond donors (Lipinski definition) is 1. The number of nitrogens with one attached hydrogen (secondary N) is 1. The quantitative estimate of drug-likeness (QED) is 0.743. The van der Waals surface area contributed by atoms with Crippen LogP contribution >= 0.6 is 0 Å². The van der Waals surface area contributed by atoms with Gasteiger partial charge in [0.1, 0.15) is 5.82 Å². The standard InChI is InChI=1S/C16H24FNO2/c1-19-10-8-18-12-13(11-14-5-4-9-20-14)15-6-2-3-7-16(15)17/h2-3,6-7,13-14,18H,4-5,8-12H2,1H3. The van der Waals surface area contributed by atoms with Gasteiger partial charge in [0.2, 0.25) is 0 Å². The molecule has 0 radical (unpaired) electrons. The number of hydrogen-bond acceptors (Lipinski definition) is 3. The maximum absolute atomic E-state index is 14.0. The predicted molar refractivity (Wildman–Crippen MR) is 77.5 cm³/mol. The molecule has 1 aromatic rings. The fourth-order valence-corrected chi connectivity index (χ4v) is 2.72. The van der Waals surface area contributed by atoms with Crippen molar-refractivity contribution in [3.05, 3.63) is 35.6 Å². The Labute approximate surface area is 120 Å². The van der Waals surface area contributed by atoms with Gasteiger partial charge in [-0.2, -0.15) is 0 Å². The van der Waals surface area contributed by atoms with Crippen LogP contribution in [0.1, 0.15) is 30.7 Å². The highest BCUT2D eigenvalue weighted by Gasteiger charge is 2.23. The van der Waals surface area contributed by atoms with Crippen molar-refractivity contribution in [2.75, 3.05) is 33.4 Å². The summed E-state index contributed by atoms with van der Waals surface area (Å²) in [5, 5.41) is 3.34. The summed E-state index contributed by atoms with van der Waals surface area (Å²) >= 11 is 0. The molecular weight excluding hydrogens is 257 g/mol. The Kier molecular flexibility index (Phi) is 6.43. The summed E-state index contributed by atoms with van der Waals surface area (Å²) in [7, 11) is 1.68. The average molecular weight is 281 g/mol. The zero-order valence-electron chi connectivity index (χ0n) is 12.1. The van der Waals surface area contributed by atoms with Crippen LogP contribution in [0.5, 0.6) is 0 Å². The van der Waals surface area contributed by atoms with Gasteiger partial charge in [0.15, 0.2) is 0 Å². The zero-order valence-corrected chi connectivity index (χ0v) is 12.1. The Balaban J connectivity index is 1.97. The van der Waals surface area contributed by atoms with E-state index in [1.165, 1.54) is 6.07 Å². The third kappa shape index (κ3) is 4.54. The minimum atomic E-state index is -0.121. The lowest BCUT2D eigenvalue weighted by Crippen LogP contribution is -2.27. The van der Waals surface area contributed by atoms with E-state index in [9.17, 15) is 4.39 Å². The maximum atomic E-state index is 14.0. The Morgan fingerprint density at radius 2 is 2.30 bits per heavy atom. The average Bonchev–Trinajstić information content (AvgIpc) is 2.96. The van der Waals surface area contributed by atoms with Gasteiger partial charge in [0.05, 0.1) is 12.7 Å². The van der Waals surface area contributed by atoms with Crippen LogP contribution in [0.2, 0.25) is 0 Å². The molecule has 1 fully saturated rings. The smallest absolute Gasteiger partial charge is 0.126 e. The molecule has 1 aliphatic heterocycles. The zero-order chi connectivity index (χ0) is 14.2. The van der Waals surface area contributed by atoms with E-state index < -0.39 is 0 Å². The van der Waals surface area contributed by atoms with Gasteiger partial charge >= 0.3 is 0 Å². The molecule has 112 valence electrons. The van der Waals surface area contributed by atoms with Crippen molar-refractivity contribution in [3.8, 4) is 0 Å². The van der Waals surface area contributed by atoms with E-state index in [-0.39, 0.29) is 17.8 Å². The van der Waals surface area contributed by atoms with Crippen molar-refractivity contribution >= 4 is 0 Å². The molecule has 2 unspecified atom stereocenters. The summed E-state index contributed by atoms with van der Waals surface area (Å²) in [6.45, 7) is 3.05. The van der Waals surface area contributed by atoms with E-state index in [1.807, 2.05) is 12.1 Å². The minimum absolute atomic E-state index is 0.121. The molecule has 1 saturated heterocycles. The highest BCUT2D eigenvalue weighted by molar-refractivity contribution is 5.22. The highest BCUT2D eigenvalue weighted by Crippen LogP contribution is 2.28. The van der Waals surface area contributed by atoms with Gasteiger partial charge in [-0.05, 0) is 30.9 Å². The lowest BCUT2D eigenvalue weighted by Gasteiger charge is -2.22. The van der Waals surface area contributed by atoms with E-state index in [1.54, 1.807) is 13.2 Å². The van der Waals surface area contributed by atoms with E-state index in [0.29, 0.717) is 6.61 Å². The molecule has 2 atom stereocenters. The van der Waals surface area contributed by atoms with Crippen LogP contribution in [-0.2, 0) is 9.47 Å². The summed E-state index contributed by atoms with van der Waals surface area (Å²) in [5.41, 5.74) is 0.785. The van der Waals surface area contributed by atoms with Crippen LogP contribution in [0.4, 0.5) is 4.39 Å². The summed E-state index contributed by atoms with van der Waals surface area (Å²) in [6.07, 6.45) is 3.35. The summed E-state index contributed by atoms with van der Waals surface area (Å²) < 4.78 is 24.7. The van der Waals surface area contributed by atoms with Gasteiger partial charge in [-0.15, -0.1) is 0 Å². The first-order chi connectivity index (χ1) is 9.81. The van der Waals surface area contributed by atoms with Crippen LogP contribution in [0.25, 0.3) is 0 Å². The fourth-order valence-electron chi connectivity index (χ4n) is 2.72. The van der Waals surface area contributed by atoms with E-state index in [2.05, 4.69) is 5.32 Å². The summed E-state index contributed by atoms with van der Waals surface area (Å²) in [4.78, 5) is 0. The maximum Gasteiger partial charge on any atom is 0.126 e. The van der Waals surface area contributed by atoms with Crippen molar-refractivity contribution in [2.24, 2.45) is 0 Å². The van der Waals surface area contributed by atoms with Gasteiger partial charge in [-0.25, -0.2) is 4.39 Å². The van der Waals surface area contributed by atoms with Gasteiger partial charge in [-0.1, -0.05) is 18.2 Å². The second-order valence-electron chi connectivity index (χ2n) is 5.29. The first kappa shape index (κ1) is 15.4. The topological polar surface area (TPSA) is 30.5 Å². The molecule has 3 nitrogen and oxygen atoms in total. The van der Waals surface area contributed by atoms with Crippen LogP contribution in [0.3, 0.4) is 0 Å². The first-order valence-corrected chi connectivity index (χ1v) is 7.37. The molecule has 1 heterocycles. The third-order valence-electron chi connectivity index (χ3n) is 3.79. The molecule has 2 rings (SSSR count). The van der Waals surface area contributed by atoms with Crippen LogP contribution < -0.4 is 5.32 Å². The Hall–Kier alpha value is -0.970. The molecule has 1 N–H and O–H groups in total. The molecule has 0 spiro atoms. The third-order valence-corrected chi connectivity index (χ3v) is 3.79. The molecular formula is C16H24FNO2. The molecule has 4 heteroatoms. The van der Waals surface area contributed by atoms with E-state index in [4.69, 9.17) is 9.47 Å². The number of ether oxygens (including phenoxy) is 2. The molecule has 0 bridgehead atoms. The molecule has 20 heavy (non-hydrogen) atoms. The predicted octanol–water partition coefficient (Wildman–Crippen LogP) is 2.71. The molecule has 1 aromatic carbocycles. The number of rotatable bonds is 8. The lowest BCUT2D eigenvalue weighted by atomic mass is 9.91. The van der Waals surface area contributed by atoms with Gasteiger partial charge in [0, 0.05) is 32.7 Å². The minimum Gasteiger partial charge on any atom is -0.383 e. The largest absolute Gasteiger partial charge is 0.383 e. The Bertz CT molecular complexity index is 394. The van der Waals surface area contributed by atoms with Crippen LogP contribution in [0, 0.1) is 5.82 Å². The molecule has 0 amide bonds. The molecule has 0 aromatic heterocycles. The fraction of sp³-hybridized carbons (Fsp3) is 0.625. The first-order valence-electron chi connectivity index (χ1n) is 7.37. The molecule has 0 saturated carbocycles.